The lowest BCUT2D eigenvalue weighted by molar-refractivity contribution is 0.356. The quantitative estimate of drug-likeness (QED) is 0.393. The van der Waals surface area contributed by atoms with E-state index < -0.39 is 0 Å². The predicted octanol–water partition coefficient (Wildman–Crippen LogP) is 6.16. The summed E-state index contributed by atoms with van der Waals surface area (Å²) in [5.41, 5.74) is 2.72. The van der Waals surface area contributed by atoms with E-state index in [9.17, 15) is 0 Å². The first-order chi connectivity index (χ1) is 10.5. The molecule has 22 heavy (non-hydrogen) atoms. The van der Waals surface area contributed by atoms with E-state index in [0.717, 1.165) is 12.1 Å². The minimum Gasteiger partial charge on any atom is -0.248 e. The number of aryl methyl sites for hydroxylation is 1. The van der Waals surface area contributed by atoms with Crippen LogP contribution in [0.25, 0.3) is 0 Å². The molecule has 0 N–H and O–H groups in total. The number of aromatic nitrogens is 1. The summed E-state index contributed by atoms with van der Waals surface area (Å²) < 4.78 is 0. The van der Waals surface area contributed by atoms with Gasteiger partial charge in [-0.2, -0.15) is 0 Å². The molecule has 0 unspecified atom stereocenters. The minimum absolute atomic E-state index is 0.506. The molecule has 0 aromatic carbocycles. The third kappa shape index (κ3) is 9.61. The summed E-state index contributed by atoms with van der Waals surface area (Å²) in [6, 6.07) is 4.19. The molecular formula is C21H33N. The Bertz CT molecular complexity index is 453. The zero-order valence-electron chi connectivity index (χ0n) is 15.0. The Hall–Kier alpha value is -1.29. The van der Waals surface area contributed by atoms with Crippen molar-refractivity contribution in [2.24, 2.45) is 5.41 Å². The Morgan fingerprint density at radius 3 is 2.09 bits per heavy atom. The summed E-state index contributed by atoms with van der Waals surface area (Å²) in [5.74, 6) is 5.86. The third-order valence-corrected chi connectivity index (χ3v) is 3.97. The van der Waals surface area contributed by atoms with Crippen molar-refractivity contribution >= 4 is 0 Å². The normalized spacial score (nSPS) is 11.1. The summed E-state index contributed by atoms with van der Waals surface area (Å²) in [4.78, 5) is 4.36. The molecule has 122 valence electrons. The second kappa shape index (κ2) is 10.4. The van der Waals surface area contributed by atoms with Crippen LogP contribution < -0.4 is 0 Å². The second-order valence-corrected chi connectivity index (χ2v) is 7.46. The summed E-state index contributed by atoms with van der Waals surface area (Å²) in [7, 11) is 0. The fourth-order valence-electron chi connectivity index (χ4n) is 2.64. The molecule has 0 spiro atoms. The molecule has 1 rings (SSSR count). The molecule has 0 atom stereocenters. The maximum atomic E-state index is 4.36. The van der Waals surface area contributed by atoms with Crippen molar-refractivity contribution in [1.82, 2.24) is 4.98 Å². The van der Waals surface area contributed by atoms with Gasteiger partial charge in [-0.3, -0.25) is 0 Å². The van der Waals surface area contributed by atoms with Crippen LogP contribution in [0.5, 0.6) is 0 Å². The number of rotatable bonds is 9. The van der Waals surface area contributed by atoms with Crippen LogP contribution in [0.3, 0.4) is 0 Å². The molecule has 0 bridgehead atoms. The van der Waals surface area contributed by atoms with Crippen LogP contribution in [0.4, 0.5) is 0 Å². The average molecular weight is 300 g/mol. The Morgan fingerprint density at radius 2 is 1.55 bits per heavy atom. The van der Waals surface area contributed by atoms with Crippen LogP contribution in [0, 0.1) is 17.3 Å². The first kappa shape index (κ1) is 18.8. The van der Waals surface area contributed by atoms with Crippen molar-refractivity contribution in [2.45, 2.75) is 85.5 Å². The summed E-state index contributed by atoms with van der Waals surface area (Å²) in [6.45, 7) is 8.86. The largest absolute Gasteiger partial charge is 0.248 e. The van der Waals surface area contributed by atoms with Gasteiger partial charge in [0.1, 0.15) is 5.69 Å². The van der Waals surface area contributed by atoms with Crippen LogP contribution in [0.1, 0.15) is 90.3 Å². The molecule has 1 aromatic heterocycles. The maximum absolute atomic E-state index is 4.36. The molecule has 0 aliphatic carbocycles. The number of hydrogen-bond acceptors (Lipinski definition) is 1. The molecule has 0 saturated heterocycles. The monoisotopic (exact) mass is 299 g/mol. The van der Waals surface area contributed by atoms with Crippen molar-refractivity contribution in [3.8, 4) is 11.8 Å². The van der Waals surface area contributed by atoms with Crippen LogP contribution in [0.15, 0.2) is 18.3 Å². The van der Waals surface area contributed by atoms with E-state index in [1.807, 2.05) is 19.2 Å². The number of hydrogen-bond donors (Lipinski definition) is 0. The van der Waals surface area contributed by atoms with Gasteiger partial charge in [0.2, 0.25) is 0 Å². The molecule has 0 saturated carbocycles. The highest BCUT2D eigenvalue weighted by Crippen LogP contribution is 2.22. The highest BCUT2D eigenvalue weighted by Gasteiger charge is 2.08. The highest BCUT2D eigenvalue weighted by molar-refractivity contribution is 5.28. The number of unbranched alkanes of at least 4 members (excludes halogenated alkanes) is 6. The average Bonchev–Trinajstić information content (AvgIpc) is 2.46. The lowest BCUT2D eigenvalue weighted by Crippen LogP contribution is -2.03. The molecule has 1 heteroatoms. The van der Waals surface area contributed by atoms with Gasteiger partial charge in [0, 0.05) is 6.20 Å². The second-order valence-electron chi connectivity index (χ2n) is 7.46. The van der Waals surface area contributed by atoms with Crippen LogP contribution in [-0.4, -0.2) is 4.98 Å². The van der Waals surface area contributed by atoms with E-state index in [4.69, 9.17) is 0 Å². The lowest BCUT2D eigenvalue weighted by atomic mass is 9.89. The van der Waals surface area contributed by atoms with E-state index in [0.29, 0.717) is 5.41 Å². The van der Waals surface area contributed by atoms with Gasteiger partial charge in [0.25, 0.3) is 0 Å². The molecule has 0 aliphatic heterocycles. The van der Waals surface area contributed by atoms with Gasteiger partial charge >= 0.3 is 0 Å². The Kier molecular flexibility index (Phi) is 8.90. The third-order valence-electron chi connectivity index (χ3n) is 3.97. The first-order valence-corrected chi connectivity index (χ1v) is 8.89. The first-order valence-electron chi connectivity index (χ1n) is 8.89. The highest BCUT2D eigenvalue weighted by atomic mass is 14.7. The Balaban J connectivity index is 2.00. The van der Waals surface area contributed by atoms with Gasteiger partial charge in [0.05, 0.1) is 0 Å². The standard InChI is InChI=1S/C21H33N/c1-5-13-20-16-15-19(18-22-20)14-11-9-7-6-8-10-12-17-21(2,3)4/h15-16,18H,6-12,14,17H2,1-4H3. The van der Waals surface area contributed by atoms with Crippen molar-refractivity contribution in [1.29, 1.82) is 0 Å². The van der Waals surface area contributed by atoms with Crippen molar-refractivity contribution in [3.63, 3.8) is 0 Å². The molecule has 1 heterocycles. The van der Waals surface area contributed by atoms with Gasteiger partial charge in [0.15, 0.2) is 0 Å². The van der Waals surface area contributed by atoms with E-state index in [-0.39, 0.29) is 0 Å². The Morgan fingerprint density at radius 1 is 0.909 bits per heavy atom. The van der Waals surface area contributed by atoms with Crippen LogP contribution in [-0.2, 0) is 6.42 Å². The molecule has 0 amide bonds. The maximum Gasteiger partial charge on any atom is 0.113 e. The van der Waals surface area contributed by atoms with Crippen molar-refractivity contribution in [2.75, 3.05) is 0 Å². The van der Waals surface area contributed by atoms with Gasteiger partial charge in [-0.05, 0) is 49.2 Å². The van der Waals surface area contributed by atoms with Gasteiger partial charge in [-0.25, -0.2) is 4.98 Å². The van der Waals surface area contributed by atoms with Gasteiger partial charge < -0.3 is 0 Å². The van der Waals surface area contributed by atoms with E-state index in [2.05, 4.69) is 43.7 Å². The summed E-state index contributed by atoms with van der Waals surface area (Å²) in [5, 5.41) is 0. The van der Waals surface area contributed by atoms with E-state index in [1.165, 1.54) is 56.9 Å². The lowest BCUT2D eigenvalue weighted by Gasteiger charge is -2.17. The molecular weight excluding hydrogens is 266 g/mol. The number of pyridine rings is 1. The zero-order valence-corrected chi connectivity index (χ0v) is 15.0. The molecule has 0 aliphatic rings. The van der Waals surface area contributed by atoms with E-state index in [1.54, 1.807) is 0 Å². The predicted molar refractivity (Wildman–Crippen MR) is 96.9 cm³/mol. The van der Waals surface area contributed by atoms with Crippen LogP contribution >= 0.6 is 0 Å². The minimum atomic E-state index is 0.506. The van der Waals surface area contributed by atoms with Gasteiger partial charge in [-0.1, -0.05) is 71.3 Å². The van der Waals surface area contributed by atoms with Crippen LogP contribution in [0.2, 0.25) is 0 Å². The molecule has 1 nitrogen and oxygen atoms in total. The molecule has 0 radical (unpaired) electrons. The Labute approximate surface area is 137 Å². The smallest absolute Gasteiger partial charge is 0.113 e. The van der Waals surface area contributed by atoms with Crippen molar-refractivity contribution in [3.05, 3.63) is 29.6 Å². The van der Waals surface area contributed by atoms with Crippen molar-refractivity contribution < 1.29 is 0 Å². The SMILES string of the molecule is CC#Cc1ccc(CCCCCCCCCC(C)(C)C)cn1. The van der Waals surface area contributed by atoms with E-state index >= 15 is 0 Å². The van der Waals surface area contributed by atoms with Gasteiger partial charge in [-0.15, -0.1) is 0 Å². The molecule has 1 aromatic rings. The summed E-state index contributed by atoms with van der Waals surface area (Å²) in [6.07, 6.45) is 14.1. The molecule has 0 fully saturated rings. The fraction of sp³-hybridized carbons (Fsp3) is 0.667. The number of nitrogens with zero attached hydrogens (tertiary/aromatic N) is 1. The zero-order chi connectivity index (χ0) is 16.3. The summed E-state index contributed by atoms with van der Waals surface area (Å²) >= 11 is 0. The topological polar surface area (TPSA) is 12.9 Å². The fourth-order valence-corrected chi connectivity index (χ4v) is 2.64.